The molecule has 0 fully saturated rings. The number of aliphatic hydroxyl groups is 1. The highest BCUT2D eigenvalue weighted by atomic mass is 32.1. The minimum absolute atomic E-state index is 0.0943. The maximum atomic E-state index is 13.0. The van der Waals surface area contributed by atoms with Crippen LogP contribution in [-0.2, 0) is 0 Å². The van der Waals surface area contributed by atoms with Gasteiger partial charge in [0.25, 0.3) is 0 Å². The summed E-state index contributed by atoms with van der Waals surface area (Å²) in [4.78, 5) is 24.8. The Bertz CT molecular complexity index is 946. The molecule has 0 aromatic carbocycles. The standard InChI is InChI=1S/C21H27N3O2S2/c1-13(2)24-19-14-8-17(18-10-22-12-27-18)28-20(14)23-9-15(19)16(26)6-5-7-21(3,4)11-25/h8-10,12-13,25H,5-7,11H2,1-4H3,(H,23,24). The molecule has 0 aliphatic carbocycles. The lowest BCUT2D eigenvalue weighted by atomic mass is 9.87. The summed E-state index contributed by atoms with van der Waals surface area (Å²) in [7, 11) is 0. The molecule has 0 aliphatic heterocycles. The summed E-state index contributed by atoms with van der Waals surface area (Å²) in [6.45, 7) is 8.30. The SMILES string of the molecule is CC(C)Nc1c(C(=O)CCCC(C)(C)CO)cnc2sc(-c3cncs3)cc12. The van der Waals surface area contributed by atoms with Crippen LogP contribution in [0.2, 0.25) is 0 Å². The number of carbonyl (C=O) groups is 1. The summed E-state index contributed by atoms with van der Waals surface area (Å²) in [6, 6.07) is 2.31. The molecule has 0 bridgehead atoms. The number of fused-ring (bicyclic) bond motifs is 1. The molecule has 0 atom stereocenters. The molecule has 2 N–H and O–H groups in total. The molecule has 0 saturated heterocycles. The van der Waals surface area contributed by atoms with Crippen molar-refractivity contribution in [2.24, 2.45) is 5.41 Å². The molecule has 0 unspecified atom stereocenters. The Labute approximate surface area is 173 Å². The van der Waals surface area contributed by atoms with Gasteiger partial charge in [0.2, 0.25) is 0 Å². The lowest BCUT2D eigenvalue weighted by molar-refractivity contribution is 0.0965. The number of anilines is 1. The van der Waals surface area contributed by atoms with Gasteiger partial charge >= 0.3 is 0 Å². The normalized spacial score (nSPS) is 12.1. The van der Waals surface area contributed by atoms with Crippen LogP contribution in [0.1, 0.15) is 57.3 Å². The Balaban J connectivity index is 1.91. The number of hydrogen-bond donors (Lipinski definition) is 2. The fourth-order valence-corrected chi connectivity index (χ4v) is 4.76. The van der Waals surface area contributed by atoms with E-state index in [1.54, 1.807) is 28.9 Å². The van der Waals surface area contributed by atoms with E-state index >= 15 is 0 Å². The van der Waals surface area contributed by atoms with Crippen molar-refractivity contribution in [2.75, 3.05) is 11.9 Å². The molecule has 0 aliphatic rings. The summed E-state index contributed by atoms with van der Waals surface area (Å²) >= 11 is 3.22. The van der Waals surface area contributed by atoms with Gasteiger partial charge in [0.05, 0.1) is 21.6 Å². The lowest BCUT2D eigenvalue weighted by Crippen LogP contribution is -2.17. The number of ketones is 1. The van der Waals surface area contributed by atoms with Crippen molar-refractivity contribution in [3.63, 3.8) is 0 Å². The molecule has 3 rings (SSSR count). The highest BCUT2D eigenvalue weighted by Crippen LogP contribution is 2.39. The largest absolute Gasteiger partial charge is 0.396 e. The maximum Gasteiger partial charge on any atom is 0.166 e. The second-order valence-electron chi connectivity index (χ2n) is 8.14. The molecule has 28 heavy (non-hydrogen) atoms. The zero-order valence-corrected chi connectivity index (χ0v) is 18.4. The van der Waals surface area contributed by atoms with Crippen molar-refractivity contribution in [3.8, 4) is 9.75 Å². The first-order valence-electron chi connectivity index (χ1n) is 9.53. The third kappa shape index (κ3) is 4.77. The average molecular weight is 418 g/mol. The summed E-state index contributed by atoms with van der Waals surface area (Å²) in [5.41, 5.74) is 3.19. The number of thiophene rings is 1. The van der Waals surface area contributed by atoms with E-state index in [1.807, 2.05) is 25.6 Å². The van der Waals surface area contributed by atoms with Crippen LogP contribution in [0.25, 0.3) is 20.0 Å². The number of nitrogens with one attached hydrogen (secondary N) is 1. The van der Waals surface area contributed by atoms with E-state index in [2.05, 4.69) is 35.2 Å². The van der Waals surface area contributed by atoms with Gasteiger partial charge in [-0.25, -0.2) is 4.98 Å². The van der Waals surface area contributed by atoms with Crippen LogP contribution < -0.4 is 5.32 Å². The van der Waals surface area contributed by atoms with Gasteiger partial charge in [0.1, 0.15) is 4.83 Å². The molecule has 0 amide bonds. The first-order chi connectivity index (χ1) is 13.3. The maximum absolute atomic E-state index is 13.0. The smallest absolute Gasteiger partial charge is 0.166 e. The van der Waals surface area contributed by atoms with Crippen molar-refractivity contribution in [1.29, 1.82) is 0 Å². The number of nitrogens with zero attached hydrogens (tertiary/aromatic N) is 2. The van der Waals surface area contributed by atoms with E-state index in [1.165, 1.54) is 0 Å². The predicted molar refractivity (Wildman–Crippen MR) is 119 cm³/mol. The van der Waals surface area contributed by atoms with E-state index in [9.17, 15) is 9.90 Å². The second-order valence-corrected chi connectivity index (χ2v) is 10.1. The molecule has 3 heterocycles. The molecular weight excluding hydrogens is 390 g/mol. The zero-order chi connectivity index (χ0) is 20.3. The molecule has 3 aromatic rings. The first kappa shape index (κ1) is 20.9. The van der Waals surface area contributed by atoms with Crippen molar-refractivity contribution >= 4 is 44.4 Å². The molecular formula is C21H27N3O2S2. The van der Waals surface area contributed by atoms with Gasteiger partial charge in [-0.15, -0.1) is 22.7 Å². The van der Waals surface area contributed by atoms with Crippen LogP contribution in [0.4, 0.5) is 5.69 Å². The monoisotopic (exact) mass is 417 g/mol. The van der Waals surface area contributed by atoms with Crippen LogP contribution in [0.5, 0.6) is 0 Å². The summed E-state index contributed by atoms with van der Waals surface area (Å²) in [6.07, 6.45) is 5.59. The fourth-order valence-electron chi connectivity index (χ4n) is 3.04. The number of aliphatic hydroxyl groups excluding tert-OH is 1. The van der Waals surface area contributed by atoms with Crippen LogP contribution in [0, 0.1) is 5.41 Å². The minimum Gasteiger partial charge on any atom is -0.396 e. The zero-order valence-electron chi connectivity index (χ0n) is 16.8. The molecule has 0 radical (unpaired) electrons. The Morgan fingerprint density at radius 2 is 2.07 bits per heavy atom. The Kier molecular flexibility index (Phi) is 6.47. The third-order valence-corrected chi connectivity index (χ3v) is 6.67. The number of aromatic nitrogens is 2. The average Bonchev–Trinajstić information content (AvgIpc) is 3.30. The highest BCUT2D eigenvalue weighted by Gasteiger charge is 2.21. The van der Waals surface area contributed by atoms with E-state index in [4.69, 9.17) is 0 Å². The number of Topliss-reactive ketones (excluding diaryl/α,β-unsaturated/α-hetero) is 1. The van der Waals surface area contributed by atoms with Crippen molar-refractivity contribution in [2.45, 2.75) is 53.0 Å². The van der Waals surface area contributed by atoms with Gasteiger partial charge in [-0.05, 0) is 38.2 Å². The second kappa shape index (κ2) is 8.68. The van der Waals surface area contributed by atoms with Crippen LogP contribution in [0.15, 0.2) is 24.0 Å². The predicted octanol–water partition coefficient (Wildman–Crippen LogP) is 5.61. The molecule has 150 valence electrons. The van der Waals surface area contributed by atoms with E-state index in [-0.39, 0.29) is 23.8 Å². The van der Waals surface area contributed by atoms with E-state index in [0.717, 1.165) is 38.5 Å². The molecule has 3 aromatic heterocycles. The molecule has 5 nitrogen and oxygen atoms in total. The van der Waals surface area contributed by atoms with Gasteiger partial charge in [-0.3, -0.25) is 9.78 Å². The number of hydrogen-bond acceptors (Lipinski definition) is 7. The highest BCUT2D eigenvalue weighted by molar-refractivity contribution is 7.25. The van der Waals surface area contributed by atoms with Gasteiger partial charge in [0, 0.05) is 41.7 Å². The van der Waals surface area contributed by atoms with Crippen molar-refractivity contribution in [1.82, 2.24) is 9.97 Å². The molecule has 0 spiro atoms. The minimum atomic E-state index is -0.154. The number of thiazole rings is 1. The van der Waals surface area contributed by atoms with Crippen molar-refractivity contribution in [3.05, 3.63) is 29.5 Å². The Morgan fingerprint density at radius 3 is 2.71 bits per heavy atom. The number of rotatable bonds is 9. The van der Waals surface area contributed by atoms with E-state index in [0.29, 0.717) is 12.0 Å². The van der Waals surface area contributed by atoms with Crippen LogP contribution in [0.3, 0.4) is 0 Å². The molecule has 7 heteroatoms. The van der Waals surface area contributed by atoms with Gasteiger partial charge < -0.3 is 10.4 Å². The first-order valence-corrected chi connectivity index (χ1v) is 11.2. The van der Waals surface area contributed by atoms with Gasteiger partial charge in [-0.2, -0.15) is 0 Å². The van der Waals surface area contributed by atoms with Crippen LogP contribution in [-0.4, -0.2) is 33.5 Å². The lowest BCUT2D eigenvalue weighted by Gasteiger charge is -2.21. The number of carbonyl (C=O) groups excluding carboxylic acids is 1. The fraction of sp³-hybridized carbons (Fsp3) is 0.476. The van der Waals surface area contributed by atoms with Crippen LogP contribution >= 0.6 is 22.7 Å². The Morgan fingerprint density at radius 1 is 1.29 bits per heavy atom. The Hall–Kier alpha value is -1.83. The third-order valence-electron chi connectivity index (χ3n) is 4.66. The summed E-state index contributed by atoms with van der Waals surface area (Å²) < 4.78 is 0. The van der Waals surface area contributed by atoms with Crippen molar-refractivity contribution < 1.29 is 9.90 Å². The summed E-state index contributed by atoms with van der Waals surface area (Å²) in [5.74, 6) is 0.0943. The van der Waals surface area contributed by atoms with Gasteiger partial charge in [0.15, 0.2) is 5.78 Å². The molecule has 0 saturated carbocycles. The number of pyridine rings is 1. The summed E-state index contributed by atoms with van der Waals surface area (Å²) in [5, 5.41) is 13.9. The van der Waals surface area contributed by atoms with Gasteiger partial charge in [-0.1, -0.05) is 13.8 Å². The quantitative estimate of drug-likeness (QED) is 0.443. The topological polar surface area (TPSA) is 75.1 Å². The van der Waals surface area contributed by atoms with E-state index < -0.39 is 0 Å².